The summed E-state index contributed by atoms with van der Waals surface area (Å²) in [7, 11) is 0. The van der Waals surface area contributed by atoms with Gasteiger partial charge >= 0.3 is 23.9 Å². The zero-order valence-corrected chi connectivity index (χ0v) is 21.8. The van der Waals surface area contributed by atoms with Gasteiger partial charge in [-0.25, -0.2) is 0 Å². The van der Waals surface area contributed by atoms with Crippen molar-refractivity contribution in [3.05, 3.63) is 0 Å². The number of carboxylic acid groups (broad SMARTS) is 4. The summed E-state index contributed by atoms with van der Waals surface area (Å²) in [4.78, 5) is 43.7. The molecule has 4 atom stereocenters. The molecular formula is C21H47N7O10. The SMILES string of the molecule is CCCCC[C@H](N)C(=O)O.NC(N)=NCCCC[C@H](N)C(=O)O.N[C@@H](CO)C(=O)O.N[C@H](CCO)C(=O)O. The van der Waals surface area contributed by atoms with Gasteiger partial charge in [-0.05, 0) is 32.1 Å². The van der Waals surface area contributed by atoms with Gasteiger partial charge in [-0.1, -0.05) is 26.2 Å². The van der Waals surface area contributed by atoms with E-state index in [0.29, 0.717) is 25.8 Å². The van der Waals surface area contributed by atoms with E-state index in [-0.39, 0.29) is 19.0 Å². The number of carboxylic acids is 4. The maximum absolute atomic E-state index is 10.3. The number of nitrogens with zero attached hydrogens (tertiary/aromatic N) is 1. The molecule has 0 bridgehead atoms. The van der Waals surface area contributed by atoms with E-state index < -0.39 is 54.7 Å². The highest BCUT2D eigenvalue weighted by Gasteiger charge is 2.10. The van der Waals surface area contributed by atoms with Crippen molar-refractivity contribution in [1.29, 1.82) is 0 Å². The molecule has 0 fully saturated rings. The molecule has 0 aliphatic heterocycles. The highest BCUT2D eigenvalue weighted by Crippen LogP contribution is 2.01. The predicted octanol–water partition coefficient (Wildman–Crippen LogP) is -3.01. The van der Waals surface area contributed by atoms with E-state index in [2.05, 4.69) is 11.9 Å². The first-order chi connectivity index (χ1) is 17.6. The smallest absolute Gasteiger partial charge is 0.322 e. The number of guanidine groups is 1. The molecule has 0 aliphatic rings. The summed E-state index contributed by atoms with van der Waals surface area (Å²) in [6, 6.07) is -3.48. The van der Waals surface area contributed by atoms with Crippen molar-refractivity contribution in [1.82, 2.24) is 0 Å². The average Bonchev–Trinajstić information content (AvgIpc) is 2.84. The van der Waals surface area contributed by atoms with Gasteiger partial charge < -0.3 is 65.0 Å². The second-order valence-corrected chi connectivity index (χ2v) is 7.77. The van der Waals surface area contributed by atoms with E-state index >= 15 is 0 Å². The van der Waals surface area contributed by atoms with Gasteiger partial charge in [0, 0.05) is 13.2 Å². The number of aliphatic imine (C=N–C) groups is 1. The highest BCUT2D eigenvalue weighted by molar-refractivity contribution is 5.75. The minimum atomic E-state index is -1.18. The zero-order valence-electron chi connectivity index (χ0n) is 21.8. The number of hydrogen-bond donors (Lipinski definition) is 12. The number of hydrogen-bond acceptors (Lipinski definition) is 11. The van der Waals surface area contributed by atoms with Crippen molar-refractivity contribution >= 4 is 29.8 Å². The Morgan fingerprint density at radius 1 is 0.632 bits per heavy atom. The quantitative estimate of drug-likeness (QED) is 0.0510. The monoisotopic (exact) mass is 557 g/mol. The molecule has 0 saturated heterocycles. The van der Waals surface area contributed by atoms with Crippen molar-refractivity contribution in [3.8, 4) is 0 Å². The number of aliphatic hydroxyl groups is 2. The second-order valence-electron chi connectivity index (χ2n) is 7.77. The average molecular weight is 558 g/mol. The number of aliphatic carboxylic acids is 4. The molecule has 17 heteroatoms. The number of aliphatic hydroxyl groups excluding tert-OH is 2. The predicted molar refractivity (Wildman–Crippen MR) is 140 cm³/mol. The van der Waals surface area contributed by atoms with Gasteiger partial charge in [0.1, 0.15) is 24.2 Å². The molecule has 0 spiro atoms. The summed E-state index contributed by atoms with van der Waals surface area (Å²) < 4.78 is 0. The summed E-state index contributed by atoms with van der Waals surface area (Å²) in [5, 5.41) is 48.9. The van der Waals surface area contributed by atoms with Crippen molar-refractivity contribution in [2.24, 2.45) is 39.4 Å². The van der Waals surface area contributed by atoms with Crippen LogP contribution in [0.3, 0.4) is 0 Å². The van der Waals surface area contributed by atoms with Gasteiger partial charge in [0.25, 0.3) is 0 Å². The third kappa shape index (κ3) is 35.1. The van der Waals surface area contributed by atoms with E-state index in [1.165, 1.54) is 0 Å². The molecule has 0 radical (unpaired) electrons. The van der Waals surface area contributed by atoms with Gasteiger partial charge in [-0.15, -0.1) is 0 Å². The summed E-state index contributed by atoms with van der Waals surface area (Å²) in [5.41, 5.74) is 30.4. The van der Waals surface area contributed by atoms with Crippen LogP contribution in [0.4, 0.5) is 0 Å². The Morgan fingerprint density at radius 3 is 1.24 bits per heavy atom. The van der Waals surface area contributed by atoms with Gasteiger partial charge in [-0.2, -0.15) is 0 Å². The fourth-order valence-corrected chi connectivity index (χ4v) is 1.89. The Hall–Kier alpha value is -3.09. The van der Waals surface area contributed by atoms with Gasteiger partial charge in [0.15, 0.2) is 5.96 Å². The topological polar surface area (TPSA) is 358 Å². The fraction of sp³-hybridized carbons (Fsp3) is 0.762. The van der Waals surface area contributed by atoms with E-state index in [4.69, 9.17) is 65.0 Å². The van der Waals surface area contributed by atoms with Crippen LogP contribution in [0.5, 0.6) is 0 Å². The Labute approximate surface area is 221 Å². The van der Waals surface area contributed by atoms with Crippen LogP contribution in [0.1, 0.15) is 58.3 Å². The first kappa shape index (κ1) is 42.0. The van der Waals surface area contributed by atoms with Crippen LogP contribution in [0.25, 0.3) is 0 Å². The van der Waals surface area contributed by atoms with Crippen molar-refractivity contribution < 1.29 is 49.8 Å². The summed E-state index contributed by atoms with van der Waals surface area (Å²) in [5.74, 6) is -4.05. The molecule has 0 unspecified atom stereocenters. The van der Waals surface area contributed by atoms with Crippen LogP contribution in [-0.4, -0.2) is 104 Å². The lowest BCUT2D eigenvalue weighted by molar-refractivity contribution is -0.140. The first-order valence-corrected chi connectivity index (χ1v) is 11.8. The van der Waals surface area contributed by atoms with Gasteiger partial charge in [0.05, 0.1) is 6.61 Å². The molecule has 18 N–H and O–H groups in total. The third-order valence-electron chi connectivity index (χ3n) is 4.24. The summed E-state index contributed by atoms with van der Waals surface area (Å²) in [6.07, 6.45) is 5.73. The largest absolute Gasteiger partial charge is 0.480 e. The summed E-state index contributed by atoms with van der Waals surface area (Å²) >= 11 is 0. The van der Waals surface area contributed by atoms with Crippen molar-refractivity contribution in [2.75, 3.05) is 19.8 Å². The van der Waals surface area contributed by atoms with Crippen LogP contribution in [-0.2, 0) is 19.2 Å². The molecule has 0 aromatic rings. The lowest BCUT2D eigenvalue weighted by Gasteiger charge is -2.04. The number of carbonyl (C=O) groups is 4. The molecule has 38 heavy (non-hydrogen) atoms. The minimum absolute atomic E-state index is 0.0579. The van der Waals surface area contributed by atoms with Crippen molar-refractivity contribution in [3.63, 3.8) is 0 Å². The van der Waals surface area contributed by atoms with Crippen LogP contribution in [0, 0.1) is 0 Å². The highest BCUT2D eigenvalue weighted by atomic mass is 16.4. The molecule has 0 heterocycles. The maximum Gasteiger partial charge on any atom is 0.322 e. The van der Waals surface area contributed by atoms with Gasteiger partial charge in [0.2, 0.25) is 0 Å². The minimum Gasteiger partial charge on any atom is -0.480 e. The van der Waals surface area contributed by atoms with Crippen LogP contribution in [0.15, 0.2) is 4.99 Å². The molecule has 0 aromatic carbocycles. The number of nitrogens with two attached hydrogens (primary N) is 6. The van der Waals surface area contributed by atoms with Crippen LogP contribution >= 0.6 is 0 Å². The Morgan fingerprint density at radius 2 is 1.00 bits per heavy atom. The van der Waals surface area contributed by atoms with Gasteiger partial charge in [-0.3, -0.25) is 24.2 Å². The number of unbranched alkanes of at least 4 members (excludes halogenated alkanes) is 3. The van der Waals surface area contributed by atoms with E-state index in [1.807, 2.05) is 0 Å². The summed E-state index contributed by atoms with van der Waals surface area (Å²) in [6.45, 7) is 1.92. The lowest BCUT2D eigenvalue weighted by atomic mass is 10.1. The fourth-order valence-electron chi connectivity index (χ4n) is 1.89. The maximum atomic E-state index is 10.3. The molecule has 0 saturated carbocycles. The molecular weight excluding hydrogens is 510 g/mol. The normalized spacial score (nSPS) is 12.8. The Balaban J connectivity index is -0.000000209. The molecule has 17 nitrogen and oxygen atoms in total. The second kappa shape index (κ2) is 28.5. The van der Waals surface area contributed by atoms with Crippen LogP contribution in [0.2, 0.25) is 0 Å². The lowest BCUT2D eigenvalue weighted by Crippen LogP contribution is -2.33. The molecule has 0 aliphatic carbocycles. The first-order valence-electron chi connectivity index (χ1n) is 11.8. The molecule has 0 aromatic heterocycles. The molecule has 0 amide bonds. The standard InChI is InChI=1S/C7H16N4O2.C7H15NO2.C4H9NO3.C3H7NO3/c8-5(6(12)13)3-1-2-4-11-7(9)10;1-2-3-4-5-6(8)7(9)10;5-3(1-2-6)4(7)8;4-2(1-5)3(6)7/h5H,1-4,8H2,(H,12,13)(H4,9,10,11);6H,2-5,8H2,1H3,(H,9,10);3,6H,1-2,5H2,(H,7,8);2,5H,1,4H2,(H,6,7)/t5-;6-;3-;2-/m0010/s1. The van der Waals surface area contributed by atoms with E-state index in [9.17, 15) is 19.2 Å². The van der Waals surface area contributed by atoms with Crippen LogP contribution < -0.4 is 34.4 Å². The van der Waals surface area contributed by atoms with Crippen molar-refractivity contribution in [2.45, 2.75) is 82.5 Å². The number of rotatable bonds is 16. The molecule has 226 valence electrons. The van der Waals surface area contributed by atoms with E-state index in [0.717, 1.165) is 25.7 Å². The van der Waals surface area contributed by atoms with E-state index in [1.54, 1.807) is 0 Å². The molecule has 0 rings (SSSR count). The third-order valence-corrected chi connectivity index (χ3v) is 4.24. The Bertz CT molecular complexity index is 664. The zero-order chi connectivity index (χ0) is 30.7. The Kier molecular flexibility index (Phi) is 31.5.